The van der Waals surface area contributed by atoms with E-state index in [1.54, 1.807) is 0 Å². The van der Waals surface area contributed by atoms with Crippen LogP contribution in [0.25, 0.3) is 0 Å². The van der Waals surface area contributed by atoms with E-state index >= 15 is 0 Å². The molecule has 0 atom stereocenters. The molecule has 1 amide bonds. The van der Waals surface area contributed by atoms with Crippen LogP contribution in [0, 0.1) is 0 Å². The minimum Gasteiger partial charge on any atom is -0.378 e. The highest BCUT2D eigenvalue weighted by molar-refractivity contribution is 14.1. The predicted octanol–water partition coefficient (Wildman–Crippen LogP) is 0.692. The number of carbonyl (C=O) groups excluding carboxylic acids is 1. The van der Waals surface area contributed by atoms with Gasteiger partial charge in [-0.15, -0.1) is 0 Å². The molecule has 0 rings (SSSR count). The molecule has 0 aromatic carbocycles. The van der Waals surface area contributed by atoms with Crippen LogP contribution in [0.2, 0.25) is 0 Å². The first-order chi connectivity index (χ1) is 2.81. The third kappa shape index (κ3) is 2.25. The molecule has 0 unspecified atom stereocenters. The van der Waals surface area contributed by atoms with Crippen LogP contribution in [-0.2, 0) is 3.07 Å². The van der Waals surface area contributed by atoms with Crippen molar-refractivity contribution in [2.24, 2.45) is 0 Å². The second kappa shape index (κ2) is 3.20. The summed E-state index contributed by atoms with van der Waals surface area (Å²) in [5.74, 6) is 0. The van der Waals surface area contributed by atoms with Crippen LogP contribution in [0.15, 0.2) is 0 Å². The van der Waals surface area contributed by atoms with Crippen LogP contribution in [-0.4, -0.2) is 13.1 Å². The monoisotopic (exact) mass is 201 g/mol. The van der Waals surface area contributed by atoms with Crippen molar-refractivity contribution in [1.82, 2.24) is 5.32 Å². The van der Waals surface area contributed by atoms with Gasteiger partial charge < -0.3 is 8.38 Å². The van der Waals surface area contributed by atoms with Crippen molar-refractivity contribution in [2.75, 3.05) is 7.05 Å². The standard InChI is InChI=1S/C2H4INO2/c1-4-2(5)6-3/h1H3,(H,4,5). The number of hydrogen-bond donors (Lipinski definition) is 1. The molecule has 4 heteroatoms. The molecule has 0 saturated carbocycles. The normalized spacial score (nSPS) is 7.00. The lowest BCUT2D eigenvalue weighted by Crippen LogP contribution is -2.14. The van der Waals surface area contributed by atoms with Crippen LogP contribution in [0.4, 0.5) is 4.79 Å². The smallest absolute Gasteiger partial charge is 0.378 e. The molecule has 0 fully saturated rings. The van der Waals surface area contributed by atoms with Crippen LogP contribution in [0.5, 0.6) is 0 Å². The lowest BCUT2D eigenvalue weighted by molar-refractivity contribution is 0.217. The fourth-order valence-electron chi connectivity index (χ4n) is 0.0386. The predicted molar refractivity (Wildman–Crippen MR) is 29.6 cm³/mol. The summed E-state index contributed by atoms with van der Waals surface area (Å²) in [5.41, 5.74) is 0. The first-order valence-corrected chi connectivity index (χ1v) is 2.19. The Morgan fingerprint density at radius 1 is 2.00 bits per heavy atom. The van der Waals surface area contributed by atoms with Gasteiger partial charge in [-0.3, -0.25) is 0 Å². The summed E-state index contributed by atoms with van der Waals surface area (Å²) in [7, 11) is 1.50. The van der Waals surface area contributed by atoms with Crippen molar-refractivity contribution in [3.05, 3.63) is 0 Å². The number of hydrogen-bond acceptors (Lipinski definition) is 2. The minimum absolute atomic E-state index is 0.421. The Hall–Kier alpha value is 0. The molecule has 0 spiro atoms. The van der Waals surface area contributed by atoms with Gasteiger partial charge in [-0.05, 0) is 0 Å². The molecule has 3 nitrogen and oxygen atoms in total. The zero-order valence-corrected chi connectivity index (χ0v) is 5.35. The van der Waals surface area contributed by atoms with Gasteiger partial charge in [-0.2, -0.15) is 0 Å². The molecule has 1 N–H and O–H groups in total. The quantitative estimate of drug-likeness (QED) is 0.585. The van der Waals surface area contributed by atoms with Crippen molar-refractivity contribution < 1.29 is 7.86 Å². The van der Waals surface area contributed by atoms with E-state index in [-0.39, 0.29) is 0 Å². The molecule has 0 heterocycles. The summed E-state index contributed by atoms with van der Waals surface area (Å²) in [6, 6.07) is 0. The van der Waals surface area contributed by atoms with Crippen LogP contribution in [0.3, 0.4) is 0 Å². The van der Waals surface area contributed by atoms with Gasteiger partial charge in [-0.25, -0.2) is 4.79 Å². The lowest BCUT2D eigenvalue weighted by atomic mass is 11.1. The second-order valence-corrected chi connectivity index (χ2v) is 1.06. The molecule has 0 aromatic rings. The molecule has 0 aliphatic rings. The molecular weight excluding hydrogens is 197 g/mol. The van der Waals surface area contributed by atoms with Crippen LogP contribution in [0.1, 0.15) is 0 Å². The van der Waals surface area contributed by atoms with Crippen LogP contribution >= 0.6 is 23.0 Å². The van der Waals surface area contributed by atoms with E-state index in [0.717, 1.165) is 0 Å². The Labute approximate surface area is 49.7 Å². The molecular formula is C2H4INO2. The maximum atomic E-state index is 9.84. The molecule has 0 aliphatic heterocycles. The van der Waals surface area contributed by atoms with E-state index in [0.29, 0.717) is 0 Å². The molecule has 0 aromatic heterocycles. The summed E-state index contributed by atoms with van der Waals surface area (Å²) in [5, 5.41) is 2.25. The molecule has 6 heavy (non-hydrogen) atoms. The van der Waals surface area contributed by atoms with Crippen molar-refractivity contribution >= 4 is 29.1 Å². The first-order valence-electron chi connectivity index (χ1n) is 1.31. The number of rotatable bonds is 0. The van der Waals surface area contributed by atoms with Gasteiger partial charge in [0.1, 0.15) is 0 Å². The van der Waals surface area contributed by atoms with Crippen molar-refractivity contribution in [3.63, 3.8) is 0 Å². The number of nitrogens with one attached hydrogen (secondary N) is 1. The zero-order valence-electron chi connectivity index (χ0n) is 3.19. The topological polar surface area (TPSA) is 38.3 Å². The van der Waals surface area contributed by atoms with Gasteiger partial charge in [0.25, 0.3) is 0 Å². The van der Waals surface area contributed by atoms with Gasteiger partial charge >= 0.3 is 6.09 Å². The Kier molecular flexibility index (Phi) is 3.20. The average molecular weight is 201 g/mol. The summed E-state index contributed by atoms with van der Waals surface area (Å²) in [6.45, 7) is 0. The maximum absolute atomic E-state index is 9.84. The summed E-state index contributed by atoms with van der Waals surface area (Å²) in [4.78, 5) is 9.84. The number of halogens is 1. The lowest BCUT2D eigenvalue weighted by Gasteiger charge is -1.87. The third-order valence-corrected chi connectivity index (χ3v) is 0.674. The van der Waals surface area contributed by atoms with E-state index in [2.05, 4.69) is 8.38 Å². The van der Waals surface area contributed by atoms with Crippen molar-refractivity contribution in [1.29, 1.82) is 0 Å². The summed E-state index contributed by atoms with van der Waals surface area (Å²) < 4.78 is 4.12. The van der Waals surface area contributed by atoms with Crippen molar-refractivity contribution in [3.8, 4) is 0 Å². The van der Waals surface area contributed by atoms with Crippen molar-refractivity contribution in [2.45, 2.75) is 0 Å². The van der Waals surface area contributed by atoms with Gasteiger partial charge in [0.15, 0.2) is 23.0 Å². The molecule has 0 aliphatic carbocycles. The SMILES string of the molecule is CNC(=O)OI. The summed E-state index contributed by atoms with van der Waals surface area (Å²) >= 11 is 1.50. The highest BCUT2D eigenvalue weighted by Gasteiger charge is 1.87. The Morgan fingerprint density at radius 2 is 2.50 bits per heavy atom. The third-order valence-electron chi connectivity index (χ3n) is 0.274. The summed E-state index contributed by atoms with van der Waals surface area (Å²) in [6.07, 6.45) is -0.421. The van der Waals surface area contributed by atoms with Gasteiger partial charge in [0.05, 0.1) is 0 Å². The maximum Gasteiger partial charge on any atom is 0.416 e. The Bertz CT molecular complexity index is 49.5. The fourth-order valence-corrected chi connectivity index (χ4v) is 0.259. The average Bonchev–Trinajstić information content (AvgIpc) is 1.65. The van der Waals surface area contributed by atoms with E-state index in [4.69, 9.17) is 0 Å². The Morgan fingerprint density at radius 3 is 2.50 bits per heavy atom. The number of amides is 1. The highest BCUT2D eigenvalue weighted by atomic mass is 127. The largest absolute Gasteiger partial charge is 0.416 e. The van der Waals surface area contributed by atoms with Gasteiger partial charge in [-0.1, -0.05) is 0 Å². The van der Waals surface area contributed by atoms with E-state index < -0.39 is 6.09 Å². The molecule has 0 bridgehead atoms. The molecule has 36 valence electrons. The van der Waals surface area contributed by atoms with Gasteiger partial charge in [0, 0.05) is 7.05 Å². The van der Waals surface area contributed by atoms with E-state index in [1.165, 1.54) is 30.1 Å². The van der Waals surface area contributed by atoms with Gasteiger partial charge in [0.2, 0.25) is 0 Å². The van der Waals surface area contributed by atoms with E-state index in [1.807, 2.05) is 0 Å². The van der Waals surface area contributed by atoms with Crippen LogP contribution < -0.4 is 5.32 Å². The first kappa shape index (κ1) is 6.00. The molecule has 0 saturated heterocycles. The highest BCUT2D eigenvalue weighted by Crippen LogP contribution is 1.82. The second-order valence-electron chi connectivity index (χ2n) is 0.615. The van der Waals surface area contributed by atoms with E-state index in [9.17, 15) is 4.79 Å². The Balaban J connectivity index is 2.99. The fraction of sp³-hybridized carbons (Fsp3) is 0.500. The molecule has 0 radical (unpaired) electrons. The minimum atomic E-state index is -0.421. The number of carbonyl (C=O) groups is 1. The zero-order chi connectivity index (χ0) is 4.99.